The molecule has 170 valence electrons. The Kier molecular flexibility index (Phi) is 8.99. The number of alkyl halides is 3. The van der Waals surface area contributed by atoms with Crippen LogP contribution < -0.4 is 10.6 Å². The molecule has 0 spiro atoms. The van der Waals surface area contributed by atoms with E-state index in [0.717, 1.165) is 5.56 Å². The average molecular weight is 493 g/mol. The van der Waals surface area contributed by atoms with Gasteiger partial charge >= 0.3 is 6.09 Å². The van der Waals surface area contributed by atoms with Gasteiger partial charge in [0.1, 0.15) is 28.4 Å². The van der Waals surface area contributed by atoms with Crippen LogP contribution in [0.2, 0.25) is 0 Å². The van der Waals surface area contributed by atoms with Crippen molar-refractivity contribution in [3.8, 4) is 10.6 Å². The number of hydrogen-bond acceptors (Lipinski definition) is 7. The fourth-order valence-corrected chi connectivity index (χ4v) is 3.32. The Morgan fingerprint density at radius 1 is 1.23 bits per heavy atom. The van der Waals surface area contributed by atoms with Crippen molar-refractivity contribution >= 4 is 46.5 Å². The van der Waals surface area contributed by atoms with Crippen molar-refractivity contribution in [2.45, 2.75) is 49.9 Å². The summed E-state index contributed by atoms with van der Waals surface area (Å²) in [5.41, 5.74) is 0.519. The highest BCUT2D eigenvalue weighted by atomic mass is 35.5. The summed E-state index contributed by atoms with van der Waals surface area (Å²) in [6.07, 6.45) is -1.84. The Morgan fingerprint density at radius 2 is 1.87 bits per heavy atom. The number of nitrogens with zero attached hydrogens (tertiary/aromatic N) is 2. The number of aliphatic hydroxyl groups excluding tert-OH is 1. The molecule has 1 aromatic heterocycles. The van der Waals surface area contributed by atoms with Crippen molar-refractivity contribution in [1.82, 2.24) is 20.8 Å². The molecule has 12 heteroatoms. The van der Waals surface area contributed by atoms with Crippen molar-refractivity contribution in [1.29, 1.82) is 0 Å². The number of carbonyl (C=O) groups excluding carboxylic acids is 2. The molecule has 2 atom stereocenters. The number of aliphatic hydroxyl groups is 1. The van der Waals surface area contributed by atoms with E-state index >= 15 is 0 Å². The van der Waals surface area contributed by atoms with E-state index < -0.39 is 41.3 Å². The summed E-state index contributed by atoms with van der Waals surface area (Å²) in [6, 6.07) is 5.37. The fourth-order valence-electron chi connectivity index (χ4n) is 2.41. The number of carbonyl (C=O) groups is 2. The topological polar surface area (TPSA) is 113 Å². The Hall–Kier alpha value is -2.01. The van der Waals surface area contributed by atoms with Gasteiger partial charge in [0.2, 0.25) is 0 Å². The molecule has 1 aromatic carbocycles. The Labute approximate surface area is 193 Å². The van der Waals surface area contributed by atoms with Crippen LogP contribution in [-0.4, -0.2) is 50.5 Å². The predicted molar refractivity (Wildman–Crippen MR) is 117 cm³/mol. The van der Waals surface area contributed by atoms with E-state index in [-0.39, 0.29) is 6.54 Å². The highest BCUT2D eigenvalue weighted by molar-refractivity contribution is 7.14. The van der Waals surface area contributed by atoms with Crippen molar-refractivity contribution in [2.24, 2.45) is 0 Å². The molecule has 3 N–H and O–H groups in total. The third-order valence-corrected chi connectivity index (χ3v) is 5.19. The molecule has 0 aliphatic rings. The highest BCUT2D eigenvalue weighted by Gasteiger charge is 2.25. The maximum atomic E-state index is 13.3. The molecule has 2 amide bonds. The zero-order chi connectivity index (χ0) is 23.2. The van der Waals surface area contributed by atoms with Crippen molar-refractivity contribution < 1.29 is 23.8 Å². The molecule has 0 saturated carbocycles. The van der Waals surface area contributed by atoms with Gasteiger partial charge < -0.3 is 20.5 Å². The van der Waals surface area contributed by atoms with Crippen LogP contribution in [0.3, 0.4) is 0 Å². The van der Waals surface area contributed by atoms with E-state index in [9.17, 15) is 19.1 Å². The first-order valence-corrected chi connectivity index (χ1v) is 10.9. The summed E-state index contributed by atoms with van der Waals surface area (Å²) in [5.74, 6) is -0.789. The number of ether oxygens (including phenoxy) is 1. The lowest BCUT2D eigenvalue weighted by Crippen LogP contribution is -2.43. The van der Waals surface area contributed by atoms with Gasteiger partial charge in [0, 0.05) is 5.56 Å². The molecular formula is C19H23Cl2FN4O4S. The Balaban J connectivity index is 2.00. The SMILES string of the molecule is CC(C)(C)OC(=O)NCc1nnc(-c2ccc([C@@H](O)[C@@H](CF)NC(=O)C(Cl)Cl)cc2)s1. The molecule has 0 aliphatic heterocycles. The number of hydrogen-bond donors (Lipinski definition) is 3. The third kappa shape index (κ3) is 7.88. The quantitative estimate of drug-likeness (QED) is 0.485. The lowest BCUT2D eigenvalue weighted by Gasteiger charge is -2.22. The second kappa shape index (κ2) is 11.0. The zero-order valence-electron chi connectivity index (χ0n) is 17.1. The van der Waals surface area contributed by atoms with Gasteiger partial charge in [-0.3, -0.25) is 4.79 Å². The monoisotopic (exact) mass is 492 g/mol. The van der Waals surface area contributed by atoms with Gasteiger partial charge in [-0.2, -0.15) is 0 Å². The van der Waals surface area contributed by atoms with E-state index in [1.807, 2.05) is 0 Å². The number of aromatic nitrogens is 2. The number of rotatable bonds is 8. The van der Waals surface area contributed by atoms with Crippen LogP contribution in [0.25, 0.3) is 10.6 Å². The van der Waals surface area contributed by atoms with Crippen molar-refractivity contribution in [2.75, 3.05) is 6.67 Å². The number of nitrogens with one attached hydrogen (secondary N) is 2. The summed E-state index contributed by atoms with van der Waals surface area (Å²) >= 11 is 12.2. The summed E-state index contributed by atoms with van der Waals surface area (Å²) in [7, 11) is 0. The summed E-state index contributed by atoms with van der Waals surface area (Å²) < 4.78 is 18.4. The molecule has 0 unspecified atom stereocenters. The van der Waals surface area contributed by atoms with Crippen LogP contribution in [0.5, 0.6) is 0 Å². The lowest BCUT2D eigenvalue weighted by atomic mass is 10.0. The molecular weight excluding hydrogens is 470 g/mol. The summed E-state index contributed by atoms with van der Waals surface area (Å²) in [6.45, 7) is 4.48. The van der Waals surface area contributed by atoms with Gasteiger partial charge in [-0.15, -0.1) is 10.2 Å². The summed E-state index contributed by atoms with van der Waals surface area (Å²) in [5, 5.41) is 24.5. The third-order valence-electron chi connectivity index (χ3n) is 3.82. The lowest BCUT2D eigenvalue weighted by molar-refractivity contribution is -0.121. The van der Waals surface area contributed by atoms with Gasteiger partial charge in [0.05, 0.1) is 12.6 Å². The van der Waals surface area contributed by atoms with Crippen LogP contribution >= 0.6 is 34.5 Å². The second-order valence-electron chi connectivity index (χ2n) is 7.49. The molecule has 0 radical (unpaired) electrons. The number of halogens is 3. The normalized spacial score (nSPS) is 13.5. The second-order valence-corrected chi connectivity index (χ2v) is 9.65. The fraction of sp³-hybridized carbons (Fsp3) is 0.474. The molecule has 8 nitrogen and oxygen atoms in total. The van der Waals surface area contributed by atoms with Crippen LogP contribution in [0.15, 0.2) is 24.3 Å². The van der Waals surface area contributed by atoms with Crippen LogP contribution in [0.4, 0.5) is 9.18 Å². The highest BCUT2D eigenvalue weighted by Crippen LogP contribution is 2.26. The Bertz CT molecular complexity index is 890. The molecule has 0 aliphatic carbocycles. The van der Waals surface area contributed by atoms with Crippen LogP contribution in [-0.2, 0) is 16.1 Å². The number of alkyl carbamates (subject to hydrolysis) is 1. The minimum absolute atomic E-state index is 0.170. The van der Waals surface area contributed by atoms with E-state index in [4.69, 9.17) is 27.9 Å². The summed E-state index contributed by atoms with van der Waals surface area (Å²) in [4.78, 5) is 21.9. The standard InChI is InChI=1S/C19H23Cl2FN4O4S/c1-19(2,3)30-18(29)23-9-13-25-26-17(31-13)11-6-4-10(5-7-11)14(27)12(8-22)24-16(28)15(20)21/h4-7,12,14-15,27H,8-9H2,1-3H3,(H,23,29)(H,24,28)/t12-,14-/m1/s1. The van der Waals surface area contributed by atoms with E-state index in [0.29, 0.717) is 15.6 Å². The minimum atomic E-state index is -1.36. The zero-order valence-corrected chi connectivity index (χ0v) is 19.4. The molecule has 0 saturated heterocycles. The van der Waals surface area contributed by atoms with Crippen molar-refractivity contribution in [3.05, 3.63) is 34.8 Å². The predicted octanol–water partition coefficient (Wildman–Crippen LogP) is 3.52. The molecule has 0 bridgehead atoms. The van der Waals surface area contributed by atoms with Crippen LogP contribution in [0, 0.1) is 0 Å². The first-order valence-electron chi connectivity index (χ1n) is 9.22. The van der Waals surface area contributed by atoms with E-state index in [2.05, 4.69) is 20.8 Å². The molecule has 31 heavy (non-hydrogen) atoms. The first-order chi connectivity index (χ1) is 14.5. The average Bonchev–Trinajstić information content (AvgIpc) is 3.17. The maximum Gasteiger partial charge on any atom is 0.408 e. The molecule has 2 rings (SSSR count). The smallest absolute Gasteiger partial charge is 0.408 e. The van der Waals surface area contributed by atoms with E-state index in [1.165, 1.54) is 11.3 Å². The van der Waals surface area contributed by atoms with Gasteiger partial charge in [0.15, 0.2) is 4.84 Å². The molecule has 2 aromatic rings. The van der Waals surface area contributed by atoms with Gasteiger partial charge in [0.25, 0.3) is 5.91 Å². The molecule has 0 fully saturated rings. The molecule has 1 heterocycles. The van der Waals surface area contributed by atoms with Crippen molar-refractivity contribution in [3.63, 3.8) is 0 Å². The van der Waals surface area contributed by atoms with E-state index in [1.54, 1.807) is 45.0 Å². The largest absolute Gasteiger partial charge is 0.444 e. The Morgan fingerprint density at radius 3 is 2.42 bits per heavy atom. The van der Waals surface area contributed by atoms with Gasteiger partial charge in [-0.25, -0.2) is 9.18 Å². The van der Waals surface area contributed by atoms with Crippen LogP contribution in [0.1, 0.15) is 37.4 Å². The van der Waals surface area contributed by atoms with Gasteiger partial charge in [-0.1, -0.05) is 58.8 Å². The maximum absolute atomic E-state index is 13.3. The number of amides is 2. The first kappa shape index (κ1) is 25.3. The van der Waals surface area contributed by atoms with Gasteiger partial charge in [-0.05, 0) is 26.3 Å². The number of benzene rings is 1. The minimum Gasteiger partial charge on any atom is -0.444 e.